The van der Waals surface area contributed by atoms with Gasteiger partial charge in [0.25, 0.3) is 15.9 Å². The summed E-state index contributed by atoms with van der Waals surface area (Å²) in [5.74, 6) is -0.457. The van der Waals surface area contributed by atoms with Crippen LogP contribution in [0.25, 0.3) is 0 Å². The maximum atomic E-state index is 13.7. The van der Waals surface area contributed by atoms with E-state index >= 15 is 0 Å². The summed E-state index contributed by atoms with van der Waals surface area (Å²) < 4.78 is 51.6. The first kappa shape index (κ1) is 20.1. The van der Waals surface area contributed by atoms with Gasteiger partial charge in [-0.2, -0.15) is 0 Å². The zero-order chi connectivity index (χ0) is 20.1. The molecule has 0 spiro atoms. The largest absolute Gasteiger partial charge is 0.481 e. The lowest BCUT2D eigenvalue weighted by atomic mass is 10.3. The molecule has 1 amide bonds. The summed E-state index contributed by atoms with van der Waals surface area (Å²) in [5.41, 5.74) is -0.132. The Morgan fingerprint density at radius 2 is 1.79 bits per heavy atom. The lowest BCUT2D eigenvalue weighted by Gasteiger charge is -2.29. The SMILES string of the molecule is C[C@@H](Oc1ccc(S(=O)(=O)Nc2ccccc2F)cc1)C(=O)N1CCOCC1. The molecule has 2 aromatic rings. The summed E-state index contributed by atoms with van der Waals surface area (Å²) in [4.78, 5) is 14.0. The van der Waals surface area contributed by atoms with Crippen molar-refractivity contribution in [1.29, 1.82) is 0 Å². The molecular weight excluding hydrogens is 387 g/mol. The second-order valence-corrected chi connectivity index (χ2v) is 7.94. The summed E-state index contributed by atoms with van der Waals surface area (Å²) in [6.45, 7) is 3.68. The first-order valence-electron chi connectivity index (χ1n) is 8.77. The van der Waals surface area contributed by atoms with Gasteiger partial charge in [0.05, 0.1) is 23.8 Å². The van der Waals surface area contributed by atoms with E-state index in [4.69, 9.17) is 9.47 Å². The van der Waals surface area contributed by atoms with Crippen molar-refractivity contribution >= 4 is 21.6 Å². The number of nitrogens with zero attached hydrogens (tertiary/aromatic N) is 1. The fraction of sp³-hybridized carbons (Fsp3) is 0.316. The third kappa shape index (κ3) is 4.79. The number of anilines is 1. The first-order chi connectivity index (χ1) is 13.4. The maximum absolute atomic E-state index is 13.7. The Hall–Kier alpha value is -2.65. The topological polar surface area (TPSA) is 84.9 Å². The van der Waals surface area contributed by atoms with Gasteiger partial charge in [-0.05, 0) is 43.3 Å². The van der Waals surface area contributed by atoms with Gasteiger partial charge in [-0.25, -0.2) is 12.8 Å². The van der Waals surface area contributed by atoms with E-state index < -0.39 is 21.9 Å². The van der Waals surface area contributed by atoms with Gasteiger partial charge >= 0.3 is 0 Å². The van der Waals surface area contributed by atoms with Gasteiger partial charge < -0.3 is 14.4 Å². The number of morpholine rings is 1. The normalized spacial score (nSPS) is 15.7. The summed E-state index contributed by atoms with van der Waals surface area (Å²) >= 11 is 0. The average molecular weight is 408 g/mol. The monoisotopic (exact) mass is 408 g/mol. The van der Waals surface area contributed by atoms with Crippen LogP contribution in [0.1, 0.15) is 6.92 Å². The number of halogens is 1. The molecule has 0 saturated carbocycles. The van der Waals surface area contributed by atoms with Crippen LogP contribution in [-0.2, 0) is 19.6 Å². The maximum Gasteiger partial charge on any atom is 0.263 e. The predicted octanol–water partition coefficient (Wildman–Crippen LogP) is 2.25. The third-order valence-corrected chi connectivity index (χ3v) is 5.62. The molecule has 7 nitrogen and oxygen atoms in total. The standard InChI is InChI=1S/C19H21FN2O5S/c1-14(19(23)22-10-12-26-13-11-22)27-15-6-8-16(9-7-15)28(24,25)21-18-5-3-2-4-17(18)20/h2-9,14,21H,10-13H2,1H3/t14-/m1/s1. The predicted molar refractivity (Wildman–Crippen MR) is 101 cm³/mol. The van der Waals surface area contributed by atoms with E-state index in [2.05, 4.69) is 4.72 Å². The molecule has 0 aromatic heterocycles. The molecule has 1 atom stereocenters. The van der Waals surface area contributed by atoms with Crippen molar-refractivity contribution in [2.24, 2.45) is 0 Å². The molecule has 1 saturated heterocycles. The number of para-hydroxylation sites is 1. The van der Waals surface area contributed by atoms with Crippen molar-refractivity contribution in [2.75, 3.05) is 31.0 Å². The molecule has 1 aliphatic heterocycles. The molecular formula is C19H21FN2O5S. The lowest BCUT2D eigenvalue weighted by Crippen LogP contribution is -2.46. The van der Waals surface area contributed by atoms with E-state index in [9.17, 15) is 17.6 Å². The van der Waals surface area contributed by atoms with Crippen molar-refractivity contribution in [1.82, 2.24) is 4.90 Å². The molecule has 0 unspecified atom stereocenters. The minimum Gasteiger partial charge on any atom is -0.481 e. The third-order valence-electron chi connectivity index (χ3n) is 4.24. The fourth-order valence-electron chi connectivity index (χ4n) is 2.74. The molecule has 3 rings (SSSR count). The molecule has 1 N–H and O–H groups in total. The van der Waals surface area contributed by atoms with Gasteiger partial charge in [-0.15, -0.1) is 0 Å². The fourth-order valence-corrected chi connectivity index (χ4v) is 3.81. The van der Waals surface area contributed by atoms with E-state index in [0.29, 0.717) is 32.1 Å². The van der Waals surface area contributed by atoms with Gasteiger partial charge in [-0.1, -0.05) is 12.1 Å². The molecule has 1 aliphatic rings. The summed E-state index contributed by atoms with van der Waals surface area (Å²) in [6, 6.07) is 11.1. The van der Waals surface area contributed by atoms with Gasteiger partial charge in [0, 0.05) is 13.1 Å². The minimum absolute atomic E-state index is 0.0461. The Morgan fingerprint density at radius 3 is 2.43 bits per heavy atom. The highest BCUT2D eigenvalue weighted by atomic mass is 32.2. The van der Waals surface area contributed by atoms with Gasteiger partial charge in [0.2, 0.25) is 0 Å². The number of sulfonamides is 1. The van der Waals surface area contributed by atoms with E-state index in [0.717, 1.165) is 0 Å². The average Bonchev–Trinajstić information content (AvgIpc) is 2.70. The number of ether oxygens (including phenoxy) is 2. The van der Waals surface area contributed by atoms with Crippen molar-refractivity contribution in [3.05, 3.63) is 54.3 Å². The molecule has 0 bridgehead atoms. The van der Waals surface area contributed by atoms with E-state index in [1.54, 1.807) is 11.8 Å². The Bertz CT molecular complexity index is 928. The highest BCUT2D eigenvalue weighted by Crippen LogP contribution is 2.21. The summed E-state index contributed by atoms with van der Waals surface area (Å²) in [6.07, 6.45) is -0.711. The molecule has 2 aromatic carbocycles. The Morgan fingerprint density at radius 1 is 1.14 bits per heavy atom. The van der Waals surface area contributed by atoms with Crippen LogP contribution in [0.5, 0.6) is 5.75 Å². The summed E-state index contributed by atoms with van der Waals surface area (Å²) in [7, 11) is -3.95. The molecule has 0 aliphatic carbocycles. The number of hydrogen-bond acceptors (Lipinski definition) is 5. The molecule has 9 heteroatoms. The first-order valence-corrected chi connectivity index (χ1v) is 10.3. The van der Waals surface area contributed by atoms with Crippen LogP contribution in [-0.4, -0.2) is 51.6 Å². The van der Waals surface area contributed by atoms with Crippen LogP contribution < -0.4 is 9.46 Å². The quantitative estimate of drug-likeness (QED) is 0.793. The van der Waals surface area contributed by atoms with Crippen LogP contribution in [0.3, 0.4) is 0 Å². The van der Waals surface area contributed by atoms with E-state index in [1.165, 1.54) is 48.5 Å². The highest BCUT2D eigenvalue weighted by molar-refractivity contribution is 7.92. The van der Waals surface area contributed by atoms with E-state index in [1.807, 2.05) is 0 Å². The van der Waals surface area contributed by atoms with Crippen LogP contribution in [0.15, 0.2) is 53.4 Å². The number of carbonyl (C=O) groups excluding carboxylic acids is 1. The Kier molecular flexibility index (Phi) is 6.15. The van der Waals surface area contributed by atoms with Crippen molar-refractivity contribution in [2.45, 2.75) is 17.9 Å². The summed E-state index contributed by atoms with van der Waals surface area (Å²) in [5, 5.41) is 0. The van der Waals surface area contributed by atoms with Gasteiger partial charge in [0.15, 0.2) is 6.10 Å². The van der Waals surface area contributed by atoms with Crippen molar-refractivity contribution in [3.63, 3.8) is 0 Å². The minimum atomic E-state index is -3.95. The van der Waals surface area contributed by atoms with Crippen LogP contribution in [0.2, 0.25) is 0 Å². The molecule has 0 radical (unpaired) electrons. The molecule has 150 valence electrons. The smallest absolute Gasteiger partial charge is 0.263 e. The Labute approximate surface area is 163 Å². The van der Waals surface area contributed by atoms with Crippen molar-refractivity contribution in [3.8, 4) is 5.75 Å². The molecule has 28 heavy (non-hydrogen) atoms. The zero-order valence-electron chi connectivity index (χ0n) is 15.3. The number of carbonyl (C=O) groups is 1. The number of hydrogen-bond donors (Lipinski definition) is 1. The number of nitrogens with one attached hydrogen (secondary N) is 1. The molecule has 1 heterocycles. The van der Waals surface area contributed by atoms with Crippen LogP contribution in [0.4, 0.5) is 10.1 Å². The number of rotatable bonds is 6. The lowest BCUT2D eigenvalue weighted by molar-refractivity contribution is -0.142. The Balaban J connectivity index is 1.65. The van der Waals surface area contributed by atoms with Crippen LogP contribution in [0, 0.1) is 5.82 Å². The number of benzene rings is 2. The number of amides is 1. The van der Waals surface area contributed by atoms with E-state index in [-0.39, 0.29) is 16.5 Å². The highest BCUT2D eigenvalue weighted by Gasteiger charge is 2.24. The molecule has 1 fully saturated rings. The second-order valence-electron chi connectivity index (χ2n) is 6.25. The second kappa shape index (κ2) is 8.57. The van der Waals surface area contributed by atoms with Gasteiger partial charge in [0.1, 0.15) is 11.6 Å². The van der Waals surface area contributed by atoms with Crippen molar-refractivity contribution < 1.29 is 27.1 Å². The van der Waals surface area contributed by atoms with Gasteiger partial charge in [-0.3, -0.25) is 9.52 Å². The van der Waals surface area contributed by atoms with Crippen LogP contribution >= 0.6 is 0 Å². The zero-order valence-corrected chi connectivity index (χ0v) is 16.1.